The number of hydrogen-bond donors (Lipinski definition) is 5. The molecule has 45 heavy (non-hydrogen) atoms. The summed E-state index contributed by atoms with van der Waals surface area (Å²) in [6.45, 7) is 9.60. The van der Waals surface area contributed by atoms with Crippen LogP contribution in [-0.4, -0.2) is 42.4 Å². The number of aryl methyl sites for hydroxylation is 2. The average molecular weight is 646 g/mol. The summed E-state index contributed by atoms with van der Waals surface area (Å²) in [6, 6.07) is 14.6. The van der Waals surface area contributed by atoms with Gasteiger partial charge in [0.25, 0.3) is 5.91 Å². The van der Waals surface area contributed by atoms with Crippen molar-refractivity contribution in [3.63, 3.8) is 0 Å². The second-order valence-electron chi connectivity index (χ2n) is 11.8. The molecular formula is C33H39ClF3N5O3. The molecule has 3 rings (SSSR count). The lowest BCUT2D eigenvalue weighted by Crippen LogP contribution is -2.56. The predicted molar refractivity (Wildman–Crippen MR) is 170 cm³/mol. The van der Waals surface area contributed by atoms with E-state index in [-0.39, 0.29) is 24.3 Å². The molecule has 1 atom stereocenters. The smallest absolute Gasteiger partial charge is 0.380 e. The average Bonchev–Trinajstić information content (AvgIpc) is 2.94. The number of anilines is 1. The molecule has 0 aliphatic carbocycles. The van der Waals surface area contributed by atoms with Crippen LogP contribution in [0.15, 0.2) is 60.7 Å². The molecule has 242 valence electrons. The van der Waals surface area contributed by atoms with E-state index in [9.17, 15) is 27.6 Å². The fourth-order valence-corrected chi connectivity index (χ4v) is 4.55. The third kappa shape index (κ3) is 11.4. The molecule has 0 radical (unpaired) electrons. The zero-order chi connectivity index (χ0) is 33.4. The SMILES string of the molecule is Cc1ccc(CNC[C@H](NC(=O)CNC(=O)c2cc(C(F)(F)F)ccc2NCc2ccc(Cl)cc2)C(=O)NC(C)(C)C)c(C)c1. The van der Waals surface area contributed by atoms with Gasteiger partial charge in [0.05, 0.1) is 17.7 Å². The van der Waals surface area contributed by atoms with Crippen LogP contribution in [0.3, 0.4) is 0 Å². The van der Waals surface area contributed by atoms with Crippen molar-refractivity contribution in [1.82, 2.24) is 21.3 Å². The molecule has 0 aliphatic rings. The van der Waals surface area contributed by atoms with Crippen molar-refractivity contribution < 1.29 is 27.6 Å². The van der Waals surface area contributed by atoms with E-state index in [0.29, 0.717) is 11.6 Å². The highest BCUT2D eigenvalue weighted by Crippen LogP contribution is 2.32. The van der Waals surface area contributed by atoms with Gasteiger partial charge in [-0.3, -0.25) is 14.4 Å². The Morgan fingerprint density at radius 2 is 1.58 bits per heavy atom. The lowest BCUT2D eigenvalue weighted by molar-refractivity contribution is -0.137. The van der Waals surface area contributed by atoms with Crippen LogP contribution in [0, 0.1) is 13.8 Å². The zero-order valence-electron chi connectivity index (χ0n) is 25.9. The molecule has 0 aliphatic heterocycles. The number of rotatable bonds is 12. The minimum Gasteiger partial charge on any atom is -0.380 e. The Morgan fingerprint density at radius 1 is 0.889 bits per heavy atom. The van der Waals surface area contributed by atoms with Crippen LogP contribution in [0.2, 0.25) is 5.02 Å². The molecule has 0 bridgehead atoms. The molecule has 3 aromatic carbocycles. The summed E-state index contributed by atoms with van der Waals surface area (Å²) in [7, 11) is 0. The number of hydrogen-bond acceptors (Lipinski definition) is 5. The number of alkyl halides is 3. The summed E-state index contributed by atoms with van der Waals surface area (Å²) in [6.07, 6.45) is -4.68. The lowest BCUT2D eigenvalue weighted by Gasteiger charge is -2.26. The summed E-state index contributed by atoms with van der Waals surface area (Å²) < 4.78 is 40.4. The third-order valence-corrected chi connectivity index (χ3v) is 6.96. The molecule has 0 saturated heterocycles. The van der Waals surface area contributed by atoms with E-state index in [4.69, 9.17) is 11.6 Å². The van der Waals surface area contributed by atoms with Gasteiger partial charge in [0.1, 0.15) is 6.04 Å². The van der Waals surface area contributed by atoms with E-state index >= 15 is 0 Å². The summed E-state index contributed by atoms with van der Waals surface area (Å²) in [5, 5.41) is 14.5. The van der Waals surface area contributed by atoms with Crippen molar-refractivity contribution in [3.8, 4) is 0 Å². The van der Waals surface area contributed by atoms with Crippen molar-refractivity contribution in [2.75, 3.05) is 18.4 Å². The standard InChI is InChI=1S/C33H39ClF3N5O3/c1-20-6-9-23(21(2)14-20)17-38-18-28(31(45)42-32(3,4)5)41-29(43)19-40-30(44)26-15-24(33(35,36)37)10-13-27(26)39-16-22-7-11-25(34)12-8-22/h6-15,28,38-39H,16-19H2,1-5H3,(H,40,44)(H,41,43)(H,42,45)/t28-/m0/s1. The van der Waals surface area contributed by atoms with Gasteiger partial charge in [-0.25, -0.2) is 0 Å². The number of carbonyl (C=O) groups excluding carboxylic acids is 3. The van der Waals surface area contributed by atoms with Crippen molar-refractivity contribution in [3.05, 3.63) is 99.1 Å². The molecule has 0 fully saturated rings. The number of nitrogens with one attached hydrogen (secondary N) is 5. The third-order valence-electron chi connectivity index (χ3n) is 6.71. The van der Waals surface area contributed by atoms with Crippen LogP contribution >= 0.6 is 11.6 Å². The predicted octanol–water partition coefficient (Wildman–Crippen LogP) is 5.51. The van der Waals surface area contributed by atoms with E-state index in [1.54, 1.807) is 45.0 Å². The van der Waals surface area contributed by atoms with E-state index in [2.05, 4.69) is 26.6 Å². The molecule has 3 amide bonds. The van der Waals surface area contributed by atoms with Gasteiger partial charge in [-0.05, 0) is 81.6 Å². The van der Waals surface area contributed by atoms with Gasteiger partial charge in [-0.15, -0.1) is 0 Å². The van der Waals surface area contributed by atoms with Gasteiger partial charge in [0.2, 0.25) is 11.8 Å². The minimum absolute atomic E-state index is 0.0985. The van der Waals surface area contributed by atoms with E-state index in [0.717, 1.165) is 34.4 Å². The van der Waals surface area contributed by atoms with Crippen molar-refractivity contribution >= 4 is 35.0 Å². The number of benzene rings is 3. The first-order valence-electron chi connectivity index (χ1n) is 14.4. The van der Waals surface area contributed by atoms with E-state index < -0.39 is 47.6 Å². The molecule has 3 aromatic rings. The monoisotopic (exact) mass is 645 g/mol. The van der Waals surface area contributed by atoms with E-state index in [1.807, 2.05) is 32.0 Å². The Labute approximate surface area is 266 Å². The highest BCUT2D eigenvalue weighted by Gasteiger charge is 2.32. The second kappa shape index (κ2) is 15.3. The van der Waals surface area contributed by atoms with Gasteiger partial charge in [-0.2, -0.15) is 13.2 Å². The molecule has 5 N–H and O–H groups in total. The first-order valence-corrected chi connectivity index (χ1v) is 14.8. The first kappa shape index (κ1) is 35.4. The maximum absolute atomic E-state index is 13.5. The van der Waals surface area contributed by atoms with Gasteiger partial charge in [0.15, 0.2) is 0 Å². The molecule has 12 heteroatoms. The summed E-state index contributed by atoms with van der Waals surface area (Å²) in [4.78, 5) is 39.0. The minimum atomic E-state index is -4.68. The van der Waals surface area contributed by atoms with Gasteiger partial charge in [-0.1, -0.05) is 47.5 Å². The molecule has 0 spiro atoms. The fourth-order valence-electron chi connectivity index (χ4n) is 4.42. The van der Waals surface area contributed by atoms with Crippen molar-refractivity contribution in [2.24, 2.45) is 0 Å². The Bertz CT molecular complexity index is 1500. The molecule has 0 unspecified atom stereocenters. The summed E-state index contributed by atoms with van der Waals surface area (Å²) >= 11 is 5.92. The fraction of sp³-hybridized carbons (Fsp3) is 0.364. The van der Waals surface area contributed by atoms with Gasteiger partial charge >= 0.3 is 6.18 Å². The van der Waals surface area contributed by atoms with Crippen molar-refractivity contribution in [1.29, 1.82) is 0 Å². The van der Waals surface area contributed by atoms with Crippen molar-refractivity contribution in [2.45, 2.75) is 65.5 Å². The Balaban J connectivity index is 1.69. The van der Waals surface area contributed by atoms with Crippen LogP contribution in [0.5, 0.6) is 0 Å². The molecular weight excluding hydrogens is 607 g/mol. The highest BCUT2D eigenvalue weighted by atomic mass is 35.5. The van der Waals surface area contributed by atoms with Crippen LogP contribution in [0.1, 0.15) is 58.9 Å². The Morgan fingerprint density at radius 3 is 2.20 bits per heavy atom. The lowest BCUT2D eigenvalue weighted by atomic mass is 10.1. The number of carbonyl (C=O) groups is 3. The zero-order valence-corrected chi connectivity index (χ0v) is 26.7. The first-order chi connectivity index (χ1) is 21.0. The molecule has 8 nitrogen and oxygen atoms in total. The summed E-state index contributed by atoms with van der Waals surface area (Å²) in [5.41, 5.74) is 2.32. The van der Waals surface area contributed by atoms with Crippen LogP contribution in [-0.2, 0) is 28.9 Å². The van der Waals surface area contributed by atoms with Crippen LogP contribution in [0.4, 0.5) is 18.9 Å². The quantitative estimate of drug-likeness (QED) is 0.179. The Hall–Kier alpha value is -4.09. The molecule has 0 saturated carbocycles. The van der Waals surface area contributed by atoms with E-state index in [1.165, 1.54) is 6.07 Å². The molecule has 0 aromatic heterocycles. The largest absolute Gasteiger partial charge is 0.416 e. The van der Waals surface area contributed by atoms with Crippen LogP contribution in [0.25, 0.3) is 0 Å². The molecule has 0 heterocycles. The van der Waals surface area contributed by atoms with Gasteiger partial charge in [0, 0.05) is 35.9 Å². The van der Waals surface area contributed by atoms with Gasteiger partial charge < -0.3 is 26.6 Å². The van der Waals surface area contributed by atoms with Crippen LogP contribution < -0.4 is 26.6 Å². The number of amides is 3. The second-order valence-corrected chi connectivity index (χ2v) is 12.3. The maximum atomic E-state index is 13.5. The normalized spacial score (nSPS) is 12.3. The highest BCUT2D eigenvalue weighted by molar-refractivity contribution is 6.30. The topological polar surface area (TPSA) is 111 Å². The maximum Gasteiger partial charge on any atom is 0.416 e. The summed E-state index contributed by atoms with van der Waals surface area (Å²) in [5.74, 6) is -2.01. The Kier molecular flexibility index (Phi) is 12.0. The number of halogens is 4.